The molecule has 1 rings (SSSR count). The molecule has 1 aromatic carbocycles. The monoisotopic (exact) mass is 245 g/mol. The zero-order valence-electron chi connectivity index (χ0n) is 12.5. The van der Waals surface area contributed by atoms with Crippen molar-refractivity contribution in [1.82, 2.24) is 0 Å². The number of allylic oxidation sites excluding steroid dienone is 2. The first-order valence-corrected chi connectivity index (χ1v) is 7.12. The molecule has 0 aliphatic rings. The fourth-order valence-electron chi connectivity index (χ4n) is 2.29. The van der Waals surface area contributed by atoms with Crippen LogP contribution >= 0.6 is 0 Å². The first kappa shape index (κ1) is 14.8. The Morgan fingerprint density at radius 1 is 1.17 bits per heavy atom. The van der Waals surface area contributed by atoms with E-state index in [0.717, 1.165) is 6.42 Å². The lowest BCUT2D eigenvalue weighted by Gasteiger charge is -2.26. The van der Waals surface area contributed by atoms with Crippen LogP contribution in [0.2, 0.25) is 0 Å². The van der Waals surface area contributed by atoms with Gasteiger partial charge in [-0.3, -0.25) is 0 Å². The molecule has 100 valence electrons. The van der Waals surface area contributed by atoms with Crippen LogP contribution in [0, 0.1) is 5.92 Å². The molecule has 18 heavy (non-hydrogen) atoms. The molecule has 0 N–H and O–H groups in total. The van der Waals surface area contributed by atoms with Gasteiger partial charge in [0.05, 0.1) is 0 Å². The quantitative estimate of drug-likeness (QED) is 0.679. The van der Waals surface area contributed by atoms with Crippen molar-refractivity contribution >= 4 is 5.69 Å². The average Bonchev–Trinajstić information content (AvgIpc) is 2.36. The molecule has 1 aromatic rings. The third-order valence-electron chi connectivity index (χ3n) is 3.25. The Morgan fingerprint density at radius 3 is 2.22 bits per heavy atom. The van der Waals surface area contributed by atoms with E-state index in [1.807, 2.05) is 0 Å². The first-order valence-electron chi connectivity index (χ1n) is 7.12. The minimum atomic E-state index is 0.560. The van der Waals surface area contributed by atoms with Crippen molar-refractivity contribution in [2.75, 3.05) is 11.9 Å². The van der Waals surface area contributed by atoms with Crippen LogP contribution in [0.1, 0.15) is 46.1 Å². The molecule has 0 amide bonds. The highest BCUT2D eigenvalue weighted by molar-refractivity contribution is 5.52. The smallest absolute Gasteiger partial charge is 0.0405 e. The molecule has 0 bridgehead atoms. The summed E-state index contributed by atoms with van der Waals surface area (Å²) < 4.78 is 0. The predicted octanol–water partition coefficient (Wildman–Crippen LogP) is 5.03. The van der Waals surface area contributed by atoms with E-state index in [2.05, 4.69) is 70.0 Å². The number of aryl methyl sites for hydroxylation is 1. The molecule has 0 aromatic heterocycles. The van der Waals surface area contributed by atoms with Gasteiger partial charge >= 0.3 is 0 Å². The lowest BCUT2D eigenvalue weighted by molar-refractivity contribution is 0.728. The zero-order chi connectivity index (χ0) is 13.5. The molecule has 0 aliphatic heterocycles. The van der Waals surface area contributed by atoms with Gasteiger partial charge < -0.3 is 4.90 Å². The summed E-state index contributed by atoms with van der Waals surface area (Å²) in [6.45, 7) is 8.92. The molecule has 0 fully saturated rings. The van der Waals surface area contributed by atoms with E-state index in [-0.39, 0.29) is 0 Å². The number of anilines is 1. The first-order chi connectivity index (χ1) is 8.60. The van der Waals surface area contributed by atoms with E-state index >= 15 is 0 Å². The molecular weight excluding hydrogens is 218 g/mol. The fourth-order valence-corrected chi connectivity index (χ4v) is 2.29. The molecule has 0 aliphatic carbocycles. The summed E-state index contributed by atoms with van der Waals surface area (Å²) in [5.74, 6) is 0.560. The summed E-state index contributed by atoms with van der Waals surface area (Å²) in [7, 11) is 2.16. The maximum absolute atomic E-state index is 2.32. The molecule has 0 unspecified atom stereocenters. The molecule has 0 atom stereocenters. The molecule has 0 heterocycles. The van der Waals surface area contributed by atoms with Crippen molar-refractivity contribution in [3.05, 3.63) is 41.6 Å². The lowest BCUT2D eigenvalue weighted by Crippen LogP contribution is -2.20. The Balaban J connectivity index is 2.88. The third kappa shape index (κ3) is 3.90. The van der Waals surface area contributed by atoms with Crippen molar-refractivity contribution < 1.29 is 0 Å². The van der Waals surface area contributed by atoms with Crippen LogP contribution in [0.3, 0.4) is 0 Å². The van der Waals surface area contributed by atoms with Crippen LogP contribution < -0.4 is 4.90 Å². The maximum atomic E-state index is 2.32. The van der Waals surface area contributed by atoms with Gasteiger partial charge in [0.15, 0.2) is 0 Å². The molecule has 0 spiro atoms. The number of rotatable bonds is 6. The van der Waals surface area contributed by atoms with E-state index in [4.69, 9.17) is 0 Å². The van der Waals surface area contributed by atoms with Crippen LogP contribution in [0.5, 0.6) is 0 Å². The van der Waals surface area contributed by atoms with E-state index in [1.165, 1.54) is 29.8 Å². The maximum Gasteiger partial charge on any atom is 0.0405 e. The normalized spacial score (nSPS) is 12.0. The van der Waals surface area contributed by atoms with Crippen molar-refractivity contribution in [1.29, 1.82) is 0 Å². The Labute approximate surface area is 113 Å². The molecule has 0 saturated carbocycles. The van der Waals surface area contributed by atoms with Crippen LogP contribution in [-0.2, 0) is 6.42 Å². The van der Waals surface area contributed by atoms with E-state index in [9.17, 15) is 0 Å². The van der Waals surface area contributed by atoms with Gasteiger partial charge in [0.2, 0.25) is 0 Å². The largest absolute Gasteiger partial charge is 0.348 e. The number of benzene rings is 1. The summed E-state index contributed by atoms with van der Waals surface area (Å²) in [6, 6.07) is 8.96. The highest BCUT2D eigenvalue weighted by atomic mass is 15.1. The van der Waals surface area contributed by atoms with Gasteiger partial charge in [0, 0.05) is 18.4 Å². The second kappa shape index (κ2) is 7.25. The van der Waals surface area contributed by atoms with Gasteiger partial charge in [0.1, 0.15) is 0 Å². The molecule has 0 saturated heterocycles. The fraction of sp³-hybridized carbons (Fsp3) is 0.529. The van der Waals surface area contributed by atoms with Gasteiger partial charge in [-0.25, -0.2) is 0 Å². The number of nitrogens with zero attached hydrogens (tertiary/aromatic N) is 1. The Morgan fingerprint density at radius 2 is 1.78 bits per heavy atom. The van der Waals surface area contributed by atoms with Gasteiger partial charge in [0.25, 0.3) is 0 Å². The van der Waals surface area contributed by atoms with Crippen molar-refractivity contribution in [3.63, 3.8) is 0 Å². The van der Waals surface area contributed by atoms with E-state index in [0.29, 0.717) is 5.92 Å². The van der Waals surface area contributed by atoms with E-state index < -0.39 is 0 Å². The SMILES string of the molecule is CC/C=C(/C(C)C)N(C)c1ccc(CCC)cc1. The second-order valence-corrected chi connectivity index (χ2v) is 5.17. The summed E-state index contributed by atoms with van der Waals surface area (Å²) >= 11 is 0. The van der Waals surface area contributed by atoms with Crippen LogP contribution in [0.15, 0.2) is 36.0 Å². The summed E-state index contributed by atoms with van der Waals surface area (Å²) in [5, 5.41) is 0. The summed E-state index contributed by atoms with van der Waals surface area (Å²) in [5.41, 5.74) is 4.12. The third-order valence-corrected chi connectivity index (χ3v) is 3.25. The molecule has 1 heteroatoms. The molecular formula is C17H27N. The molecule has 1 nitrogen and oxygen atoms in total. The van der Waals surface area contributed by atoms with Gasteiger partial charge in [-0.2, -0.15) is 0 Å². The van der Waals surface area contributed by atoms with Gasteiger partial charge in [-0.1, -0.05) is 52.3 Å². The minimum Gasteiger partial charge on any atom is -0.348 e. The number of hydrogen-bond acceptors (Lipinski definition) is 1. The van der Waals surface area contributed by atoms with Crippen LogP contribution in [-0.4, -0.2) is 7.05 Å². The van der Waals surface area contributed by atoms with Crippen molar-refractivity contribution in [3.8, 4) is 0 Å². The van der Waals surface area contributed by atoms with Crippen LogP contribution in [0.4, 0.5) is 5.69 Å². The number of hydrogen-bond donors (Lipinski definition) is 0. The summed E-state index contributed by atoms with van der Waals surface area (Å²) in [6.07, 6.45) is 5.80. The van der Waals surface area contributed by atoms with Crippen molar-refractivity contribution in [2.45, 2.75) is 47.0 Å². The highest BCUT2D eigenvalue weighted by Gasteiger charge is 2.10. The minimum absolute atomic E-state index is 0.560. The standard InChI is InChI=1S/C17H27N/c1-6-8-15-10-12-16(13-11-15)18(5)17(9-7-2)14(3)4/h9-14H,6-8H2,1-5H3/b17-9-. The topological polar surface area (TPSA) is 3.24 Å². The van der Waals surface area contributed by atoms with Gasteiger partial charge in [-0.15, -0.1) is 0 Å². The van der Waals surface area contributed by atoms with Crippen LogP contribution in [0.25, 0.3) is 0 Å². The zero-order valence-corrected chi connectivity index (χ0v) is 12.5. The predicted molar refractivity (Wildman–Crippen MR) is 82.1 cm³/mol. The second-order valence-electron chi connectivity index (χ2n) is 5.17. The Bertz CT molecular complexity index is 373. The van der Waals surface area contributed by atoms with Gasteiger partial charge in [-0.05, 0) is 36.5 Å². The van der Waals surface area contributed by atoms with E-state index in [1.54, 1.807) is 0 Å². The lowest BCUT2D eigenvalue weighted by atomic mass is 10.1. The Hall–Kier alpha value is -1.24. The highest BCUT2D eigenvalue weighted by Crippen LogP contribution is 2.23. The average molecular weight is 245 g/mol. The Kier molecular flexibility index (Phi) is 5.97. The molecule has 0 radical (unpaired) electrons. The summed E-state index contributed by atoms with van der Waals surface area (Å²) in [4.78, 5) is 2.31. The van der Waals surface area contributed by atoms with Crippen molar-refractivity contribution in [2.24, 2.45) is 5.92 Å².